The van der Waals surface area contributed by atoms with Gasteiger partial charge in [0.2, 0.25) is 0 Å². The molecule has 0 aromatic heterocycles. The molecule has 0 saturated carbocycles. The first-order chi connectivity index (χ1) is 9.54. The fourth-order valence-corrected chi connectivity index (χ4v) is 3.03. The van der Waals surface area contributed by atoms with Gasteiger partial charge in [-0.15, -0.1) is 0 Å². The molecule has 0 saturated heterocycles. The fourth-order valence-electron chi connectivity index (χ4n) is 2.64. The van der Waals surface area contributed by atoms with Crippen LogP contribution in [0.2, 0.25) is 0 Å². The van der Waals surface area contributed by atoms with Gasteiger partial charge in [0.1, 0.15) is 11.9 Å². The summed E-state index contributed by atoms with van der Waals surface area (Å²) >= 11 is 3.58. The zero-order valence-corrected chi connectivity index (χ0v) is 13.3. The monoisotopic (exact) mass is 331 g/mol. The van der Waals surface area contributed by atoms with E-state index in [4.69, 9.17) is 10.5 Å². The smallest absolute Gasteiger partial charge is 0.126 e. The van der Waals surface area contributed by atoms with Crippen molar-refractivity contribution in [2.45, 2.75) is 32.4 Å². The first-order valence-corrected chi connectivity index (χ1v) is 7.63. The van der Waals surface area contributed by atoms with E-state index < -0.39 is 0 Å². The molecule has 2 atom stereocenters. The molecule has 1 unspecified atom stereocenters. The Morgan fingerprint density at radius 1 is 1.15 bits per heavy atom. The number of nitrogens with two attached hydrogens (primary N) is 1. The Bertz CT molecular complexity index is 653. The molecule has 2 aromatic carbocycles. The zero-order valence-electron chi connectivity index (χ0n) is 11.7. The van der Waals surface area contributed by atoms with Crippen LogP contribution >= 0.6 is 15.9 Å². The van der Waals surface area contributed by atoms with Crippen LogP contribution in [0, 0.1) is 13.8 Å². The van der Waals surface area contributed by atoms with Crippen molar-refractivity contribution in [2.24, 2.45) is 5.73 Å². The van der Waals surface area contributed by atoms with E-state index in [1.807, 2.05) is 6.07 Å². The van der Waals surface area contributed by atoms with E-state index >= 15 is 0 Å². The number of hydrogen-bond donors (Lipinski definition) is 1. The normalized spacial score (nSPS) is 21.2. The first kappa shape index (κ1) is 13.7. The lowest BCUT2D eigenvalue weighted by molar-refractivity contribution is 0.161. The third-order valence-corrected chi connectivity index (χ3v) is 4.72. The van der Waals surface area contributed by atoms with E-state index in [0.29, 0.717) is 0 Å². The van der Waals surface area contributed by atoms with Crippen LogP contribution in [-0.2, 0) is 0 Å². The Kier molecular flexibility index (Phi) is 3.57. The molecule has 0 fully saturated rings. The van der Waals surface area contributed by atoms with Crippen LogP contribution in [0.15, 0.2) is 40.9 Å². The van der Waals surface area contributed by atoms with E-state index in [2.05, 4.69) is 60.1 Å². The lowest BCUT2D eigenvalue weighted by Gasteiger charge is -2.31. The predicted octanol–water partition coefficient (Wildman–Crippen LogP) is 4.59. The van der Waals surface area contributed by atoms with Gasteiger partial charge in [0.25, 0.3) is 0 Å². The highest BCUT2D eigenvalue weighted by Crippen LogP contribution is 2.40. The molecule has 104 valence electrons. The number of hydrogen-bond acceptors (Lipinski definition) is 2. The SMILES string of the molecule is Cc1ccc2c(c1)[C@@H](N)CC(c1ccc(C)c(Br)c1)O2. The minimum absolute atomic E-state index is 0.0251. The standard InChI is InChI=1S/C17H18BrNO/c1-10-3-6-16-13(7-10)15(19)9-17(20-16)12-5-4-11(2)14(18)8-12/h3-8,15,17H,9,19H2,1-2H3/t15-,17?/m0/s1. The van der Waals surface area contributed by atoms with Crippen molar-refractivity contribution in [3.05, 3.63) is 63.1 Å². The minimum Gasteiger partial charge on any atom is -0.485 e. The van der Waals surface area contributed by atoms with E-state index in [1.165, 1.54) is 16.7 Å². The molecule has 1 heterocycles. The van der Waals surface area contributed by atoms with Gasteiger partial charge in [-0.05, 0) is 37.1 Å². The van der Waals surface area contributed by atoms with Gasteiger partial charge in [-0.3, -0.25) is 0 Å². The Morgan fingerprint density at radius 3 is 2.70 bits per heavy atom. The molecule has 20 heavy (non-hydrogen) atoms. The van der Waals surface area contributed by atoms with Crippen molar-refractivity contribution in [1.82, 2.24) is 0 Å². The third-order valence-electron chi connectivity index (χ3n) is 3.87. The highest BCUT2D eigenvalue weighted by atomic mass is 79.9. The molecular weight excluding hydrogens is 314 g/mol. The number of fused-ring (bicyclic) bond motifs is 1. The summed E-state index contributed by atoms with van der Waals surface area (Å²) < 4.78 is 7.25. The molecular formula is C17H18BrNO. The van der Waals surface area contributed by atoms with Crippen LogP contribution in [0.3, 0.4) is 0 Å². The molecule has 2 N–H and O–H groups in total. The predicted molar refractivity (Wildman–Crippen MR) is 85.0 cm³/mol. The molecule has 2 aromatic rings. The van der Waals surface area contributed by atoms with E-state index in [0.717, 1.165) is 22.2 Å². The third kappa shape index (κ3) is 2.48. The summed E-state index contributed by atoms with van der Waals surface area (Å²) in [6.07, 6.45) is 0.837. The summed E-state index contributed by atoms with van der Waals surface area (Å²) in [4.78, 5) is 0. The van der Waals surface area contributed by atoms with Crippen molar-refractivity contribution in [3.63, 3.8) is 0 Å². The van der Waals surface area contributed by atoms with Crippen molar-refractivity contribution in [3.8, 4) is 5.75 Å². The quantitative estimate of drug-likeness (QED) is 0.829. The molecule has 0 radical (unpaired) electrons. The van der Waals surface area contributed by atoms with Gasteiger partial charge in [0.05, 0.1) is 0 Å². The molecule has 0 amide bonds. The highest BCUT2D eigenvalue weighted by molar-refractivity contribution is 9.10. The van der Waals surface area contributed by atoms with Crippen LogP contribution in [0.25, 0.3) is 0 Å². The van der Waals surface area contributed by atoms with Crippen molar-refractivity contribution in [1.29, 1.82) is 0 Å². The summed E-state index contributed by atoms with van der Waals surface area (Å²) in [5.41, 5.74) is 11.1. The van der Waals surface area contributed by atoms with Gasteiger partial charge in [0, 0.05) is 22.5 Å². The number of rotatable bonds is 1. The Labute approximate surface area is 128 Å². The molecule has 3 heteroatoms. The number of aryl methyl sites for hydroxylation is 2. The van der Waals surface area contributed by atoms with Crippen molar-refractivity contribution in [2.75, 3.05) is 0 Å². The molecule has 1 aliphatic heterocycles. The maximum Gasteiger partial charge on any atom is 0.126 e. The van der Waals surface area contributed by atoms with Gasteiger partial charge < -0.3 is 10.5 Å². The van der Waals surface area contributed by atoms with Crippen LogP contribution in [0.4, 0.5) is 0 Å². The zero-order chi connectivity index (χ0) is 14.3. The average molecular weight is 332 g/mol. The average Bonchev–Trinajstić information content (AvgIpc) is 2.42. The molecule has 0 bridgehead atoms. The highest BCUT2D eigenvalue weighted by Gasteiger charge is 2.27. The number of ether oxygens (including phenoxy) is 1. The van der Waals surface area contributed by atoms with E-state index in [1.54, 1.807) is 0 Å². The van der Waals surface area contributed by atoms with Gasteiger partial charge >= 0.3 is 0 Å². The van der Waals surface area contributed by atoms with Crippen molar-refractivity contribution < 1.29 is 4.74 Å². The molecule has 2 nitrogen and oxygen atoms in total. The van der Waals surface area contributed by atoms with Crippen LogP contribution in [0.1, 0.15) is 40.8 Å². The summed E-state index contributed by atoms with van der Waals surface area (Å²) in [5, 5.41) is 0. The summed E-state index contributed by atoms with van der Waals surface area (Å²) in [6.45, 7) is 4.16. The summed E-state index contributed by atoms with van der Waals surface area (Å²) in [7, 11) is 0. The lowest BCUT2D eigenvalue weighted by atomic mass is 9.92. The van der Waals surface area contributed by atoms with Gasteiger partial charge in [-0.2, -0.15) is 0 Å². The molecule has 3 rings (SSSR count). The lowest BCUT2D eigenvalue weighted by Crippen LogP contribution is -2.24. The second-order valence-electron chi connectivity index (χ2n) is 5.50. The second-order valence-corrected chi connectivity index (χ2v) is 6.35. The Hall–Kier alpha value is -1.32. The number of benzene rings is 2. The fraction of sp³-hybridized carbons (Fsp3) is 0.294. The molecule has 0 spiro atoms. The first-order valence-electron chi connectivity index (χ1n) is 6.83. The van der Waals surface area contributed by atoms with E-state index in [-0.39, 0.29) is 12.1 Å². The van der Waals surface area contributed by atoms with Gasteiger partial charge in [0.15, 0.2) is 0 Å². The molecule has 0 aliphatic carbocycles. The number of halogens is 1. The van der Waals surface area contributed by atoms with E-state index in [9.17, 15) is 0 Å². The maximum atomic E-state index is 6.32. The van der Waals surface area contributed by atoms with Crippen LogP contribution < -0.4 is 10.5 Å². The van der Waals surface area contributed by atoms with Gasteiger partial charge in [-0.25, -0.2) is 0 Å². The second kappa shape index (κ2) is 5.23. The summed E-state index contributed by atoms with van der Waals surface area (Å²) in [5.74, 6) is 0.913. The van der Waals surface area contributed by atoms with Crippen molar-refractivity contribution >= 4 is 15.9 Å². The summed E-state index contributed by atoms with van der Waals surface area (Å²) in [6, 6.07) is 12.6. The topological polar surface area (TPSA) is 35.2 Å². The Balaban J connectivity index is 1.94. The maximum absolute atomic E-state index is 6.32. The largest absolute Gasteiger partial charge is 0.485 e. The minimum atomic E-state index is 0.0251. The molecule has 1 aliphatic rings. The van der Waals surface area contributed by atoms with Gasteiger partial charge in [-0.1, -0.05) is 45.8 Å². The van der Waals surface area contributed by atoms with Crippen LogP contribution in [-0.4, -0.2) is 0 Å². The van der Waals surface area contributed by atoms with Crippen LogP contribution in [0.5, 0.6) is 5.75 Å². The Morgan fingerprint density at radius 2 is 1.95 bits per heavy atom.